The molecule has 0 aromatic heterocycles. The Morgan fingerprint density at radius 3 is 2.13 bits per heavy atom. The highest BCUT2D eigenvalue weighted by Gasteiger charge is 2.32. The minimum atomic E-state index is -0.260. The Morgan fingerprint density at radius 2 is 1.52 bits per heavy atom. The third-order valence-corrected chi connectivity index (χ3v) is 5.26. The molecule has 31 heavy (non-hydrogen) atoms. The van der Waals surface area contributed by atoms with Gasteiger partial charge in [0.05, 0.1) is 5.57 Å². The molecule has 0 atom stereocenters. The van der Waals surface area contributed by atoms with Gasteiger partial charge in [-0.05, 0) is 60.9 Å². The molecule has 0 bridgehead atoms. The first-order valence-corrected chi connectivity index (χ1v) is 9.92. The molecule has 1 N–H and O–H groups in total. The van der Waals surface area contributed by atoms with Gasteiger partial charge in [-0.25, -0.2) is 0 Å². The number of fused-ring (bicyclic) bond motifs is 1. The Hall–Kier alpha value is -3.99. The van der Waals surface area contributed by atoms with Crippen molar-refractivity contribution in [1.29, 1.82) is 0 Å². The second-order valence-corrected chi connectivity index (χ2v) is 7.47. The Kier molecular flexibility index (Phi) is 5.50. The zero-order chi connectivity index (χ0) is 22.0. The van der Waals surface area contributed by atoms with E-state index >= 15 is 0 Å². The summed E-state index contributed by atoms with van der Waals surface area (Å²) >= 11 is 0. The van der Waals surface area contributed by atoms with Gasteiger partial charge < -0.3 is 10.1 Å². The van der Waals surface area contributed by atoms with Crippen molar-refractivity contribution in [3.05, 3.63) is 100 Å². The zero-order valence-electron chi connectivity index (χ0n) is 17.3. The topological polar surface area (TPSA) is 72.5 Å². The molecule has 0 spiro atoms. The van der Waals surface area contributed by atoms with Crippen LogP contribution in [0.3, 0.4) is 0 Å². The highest BCUT2D eigenvalue weighted by Crippen LogP contribution is 2.28. The summed E-state index contributed by atoms with van der Waals surface area (Å²) < 4.78 is 5.55. The molecule has 0 radical (unpaired) electrons. The highest BCUT2D eigenvalue weighted by atomic mass is 16.5. The summed E-state index contributed by atoms with van der Waals surface area (Å²) in [6, 6.07) is 19.4. The maximum absolute atomic E-state index is 12.5. The van der Waals surface area contributed by atoms with Crippen molar-refractivity contribution in [2.45, 2.75) is 13.8 Å². The van der Waals surface area contributed by atoms with Crippen LogP contribution in [0.2, 0.25) is 0 Å². The zero-order valence-corrected chi connectivity index (χ0v) is 17.3. The molecule has 0 fully saturated rings. The van der Waals surface area contributed by atoms with Gasteiger partial charge in [0.1, 0.15) is 5.75 Å². The predicted octanol–water partition coefficient (Wildman–Crippen LogP) is 4.78. The molecule has 1 amide bonds. The molecule has 1 aliphatic rings. The van der Waals surface area contributed by atoms with E-state index in [0.29, 0.717) is 22.4 Å². The van der Waals surface area contributed by atoms with Crippen molar-refractivity contribution in [3.8, 4) is 5.75 Å². The fourth-order valence-electron chi connectivity index (χ4n) is 3.40. The van der Waals surface area contributed by atoms with Gasteiger partial charge in [-0.15, -0.1) is 0 Å². The third-order valence-electron chi connectivity index (χ3n) is 5.26. The molecule has 5 nitrogen and oxygen atoms in total. The lowest BCUT2D eigenvalue weighted by Gasteiger charge is -2.09. The van der Waals surface area contributed by atoms with E-state index in [9.17, 15) is 14.4 Å². The highest BCUT2D eigenvalue weighted by molar-refractivity contribution is 6.41. The van der Waals surface area contributed by atoms with Crippen LogP contribution >= 0.6 is 0 Å². The van der Waals surface area contributed by atoms with Crippen LogP contribution in [0.15, 0.2) is 72.3 Å². The van der Waals surface area contributed by atoms with Crippen molar-refractivity contribution in [2.75, 3.05) is 11.9 Å². The fourth-order valence-corrected chi connectivity index (χ4v) is 3.40. The Bertz CT molecular complexity index is 1190. The maximum atomic E-state index is 12.5. The Labute approximate surface area is 180 Å². The Morgan fingerprint density at radius 1 is 0.871 bits per heavy atom. The number of ketones is 2. The first kappa shape index (κ1) is 20.3. The number of carbonyl (C=O) groups is 3. The molecule has 0 unspecified atom stereocenters. The SMILES string of the molecule is Cc1ccc(NC(=O)COc2ccc(C=C3C(=O)c4ccccc4C3=O)cc2)cc1C. The second-order valence-electron chi connectivity index (χ2n) is 7.47. The number of ether oxygens (including phenoxy) is 1. The summed E-state index contributed by atoms with van der Waals surface area (Å²) in [7, 11) is 0. The monoisotopic (exact) mass is 411 g/mol. The number of Topliss-reactive ketones (excluding diaryl/α,β-unsaturated/α-hetero) is 2. The van der Waals surface area contributed by atoms with Crippen LogP contribution in [-0.4, -0.2) is 24.1 Å². The van der Waals surface area contributed by atoms with E-state index in [4.69, 9.17) is 4.74 Å². The van der Waals surface area contributed by atoms with Crippen molar-refractivity contribution in [1.82, 2.24) is 0 Å². The van der Waals surface area contributed by atoms with E-state index < -0.39 is 0 Å². The van der Waals surface area contributed by atoms with Crippen LogP contribution in [0.5, 0.6) is 5.75 Å². The van der Waals surface area contributed by atoms with Crippen LogP contribution in [0.1, 0.15) is 37.4 Å². The molecule has 0 heterocycles. The number of carbonyl (C=O) groups excluding carboxylic acids is 3. The second kappa shape index (κ2) is 8.40. The maximum Gasteiger partial charge on any atom is 0.262 e. The van der Waals surface area contributed by atoms with Crippen LogP contribution < -0.4 is 10.1 Å². The van der Waals surface area contributed by atoms with E-state index in [1.807, 2.05) is 32.0 Å². The third kappa shape index (κ3) is 4.31. The van der Waals surface area contributed by atoms with Gasteiger partial charge in [-0.3, -0.25) is 14.4 Å². The van der Waals surface area contributed by atoms with Crippen molar-refractivity contribution in [2.24, 2.45) is 0 Å². The van der Waals surface area contributed by atoms with E-state index in [1.54, 1.807) is 54.6 Å². The predicted molar refractivity (Wildman–Crippen MR) is 120 cm³/mol. The van der Waals surface area contributed by atoms with Crippen LogP contribution in [0.25, 0.3) is 6.08 Å². The molecule has 1 aliphatic carbocycles. The lowest BCUT2D eigenvalue weighted by molar-refractivity contribution is -0.118. The number of rotatable bonds is 5. The molecule has 154 valence electrons. The average Bonchev–Trinajstić information content (AvgIpc) is 3.01. The fraction of sp³-hybridized carbons (Fsp3) is 0.115. The van der Waals surface area contributed by atoms with Gasteiger partial charge >= 0.3 is 0 Å². The van der Waals surface area contributed by atoms with Crippen molar-refractivity contribution < 1.29 is 19.1 Å². The largest absolute Gasteiger partial charge is 0.484 e. The average molecular weight is 411 g/mol. The van der Waals surface area contributed by atoms with Gasteiger partial charge in [0.2, 0.25) is 0 Å². The van der Waals surface area contributed by atoms with Crippen molar-refractivity contribution in [3.63, 3.8) is 0 Å². The summed E-state index contributed by atoms with van der Waals surface area (Å²) in [6.07, 6.45) is 1.58. The summed E-state index contributed by atoms with van der Waals surface area (Å²) in [5.41, 5.74) is 4.73. The first-order chi connectivity index (χ1) is 14.9. The van der Waals surface area contributed by atoms with Crippen molar-refractivity contribution >= 4 is 29.2 Å². The molecular formula is C26H21NO4. The van der Waals surface area contributed by atoms with Crippen LogP contribution in [0.4, 0.5) is 5.69 Å². The van der Waals surface area contributed by atoms with E-state index in [0.717, 1.165) is 16.8 Å². The Balaban J connectivity index is 1.38. The van der Waals surface area contributed by atoms with Gasteiger partial charge in [0.25, 0.3) is 5.91 Å². The lowest BCUT2D eigenvalue weighted by Crippen LogP contribution is -2.20. The summed E-state index contributed by atoms with van der Waals surface area (Å²) in [6.45, 7) is 3.88. The summed E-state index contributed by atoms with van der Waals surface area (Å²) in [4.78, 5) is 37.1. The summed E-state index contributed by atoms with van der Waals surface area (Å²) in [5, 5.41) is 2.81. The molecule has 4 rings (SSSR count). The number of amides is 1. The molecule has 3 aromatic rings. The molecule has 0 saturated heterocycles. The molecule has 0 aliphatic heterocycles. The molecular weight excluding hydrogens is 390 g/mol. The van der Waals surface area contributed by atoms with E-state index in [1.165, 1.54) is 0 Å². The van der Waals surface area contributed by atoms with E-state index in [-0.39, 0.29) is 29.7 Å². The number of benzene rings is 3. The van der Waals surface area contributed by atoms with Gasteiger partial charge in [-0.2, -0.15) is 0 Å². The number of hydrogen-bond donors (Lipinski definition) is 1. The number of hydrogen-bond acceptors (Lipinski definition) is 4. The first-order valence-electron chi connectivity index (χ1n) is 9.92. The van der Waals surface area contributed by atoms with Crippen LogP contribution in [0, 0.1) is 13.8 Å². The molecule has 0 saturated carbocycles. The summed E-state index contributed by atoms with van der Waals surface area (Å²) in [5.74, 6) is -0.257. The van der Waals surface area contributed by atoms with E-state index in [2.05, 4.69) is 5.32 Å². The number of aryl methyl sites for hydroxylation is 2. The van der Waals surface area contributed by atoms with Gasteiger partial charge in [0, 0.05) is 16.8 Å². The normalized spacial score (nSPS) is 12.5. The number of nitrogens with one attached hydrogen (secondary N) is 1. The minimum Gasteiger partial charge on any atom is -0.484 e. The quantitative estimate of drug-likeness (QED) is 0.484. The molecule has 5 heteroatoms. The van der Waals surface area contributed by atoms with Crippen LogP contribution in [-0.2, 0) is 4.79 Å². The van der Waals surface area contributed by atoms with Gasteiger partial charge in [0.15, 0.2) is 18.2 Å². The number of allylic oxidation sites excluding steroid dienone is 1. The number of anilines is 1. The minimum absolute atomic E-state index is 0.125. The molecule has 3 aromatic carbocycles. The standard InChI is InChI=1S/C26H21NO4/c1-16-7-10-19(13-17(16)2)27-24(28)15-31-20-11-8-18(9-12-20)14-23-25(29)21-5-3-4-6-22(21)26(23)30/h3-14H,15H2,1-2H3,(H,27,28). The van der Waals surface area contributed by atoms with Gasteiger partial charge in [-0.1, -0.05) is 42.5 Å². The lowest BCUT2D eigenvalue weighted by atomic mass is 10.1. The smallest absolute Gasteiger partial charge is 0.262 e.